The number of anilines is 1. The monoisotopic (exact) mass is 271 g/mol. The zero-order valence-corrected chi connectivity index (χ0v) is 11.7. The number of piperazine rings is 1. The van der Waals surface area contributed by atoms with Crippen molar-refractivity contribution >= 4 is 33.7 Å². The molecule has 0 aliphatic carbocycles. The molecular weight excluding hydrogens is 254 g/mol. The second kappa shape index (κ2) is 4.83. The fraction of sp³-hybridized carbons (Fsp3) is 0.700. The average molecular weight is 271 g/mol. The highest BCUT2D eigenvalue weighted by atomic mass is 32.1. The molecule has 0 unspecified atom stereocenters. The van der Waals surface area contributed by atoms with Crippen LogP contribution in [-0.2, 0) is 0 Å². The summed E-state index contributed by atoms with van der Waals surface area (Å²) < 4.78 is 0. The van der Waals surface area contributed by atoms with Crippen LogP contribution in [0.25, 0.3) is 0 Å². The van der Waals surface area contributed by atoms with Crippen LogP contribution in [0, 0.1) is 0 Å². The summed E-state index contributed by atoms with van der Waals surface area (Å²) in [5.41, 5.74) is 7.34. The molecule has 1 fully saturated rings. The first-order valence-corrected chi connectivity index (χ1v) is 6.86. The van der Waals surface area contributed by atoms with Gasteiger partial charge in [-0.05, 0) is 13.8 Å². The van der Waals surface area contributed by atoms with Crippen LogP contribution in [0.5, 0.6) is 0 Å². The summed E-state index contributed by atoms with van der Waals surface area (Å²) in [4.78, 5) is 5.14. The van der Waals surface area contributed by atoms with E-state index >= 15 is 0 Å². The topological polar surface area (TPSA) is 58.3 Å². The van der Waals surface area contributed by atoms with E-state index in [4.69, 9.17) is 18.0 Å². The number of nitrogens with two attached hydrogens (primary N) is 1. The molecule has 5 nitrogen and oxygen atoms in total. The molecule has 1 saturated heterocycles. The minimum atomic E-state index is -0.206. The molecule has 2 rings (SSSR count). The van der Waals surface area contributed by atoms with Crippen molar-refractivity contribution in [1.82, 2.24) is 15.1 Å². The maximum atomic E-state index is 5.79. The Bertz CT molecular complexity index is 381. The van der Waals surface area contributed by atoms with E-state index in [2.05, 4.69) is 33.8 Å². The molecule has 1 aromatic heterocycles. The van der Waals surface area contributed by atoms with E-state index in [-0.39, 0.29) is 5.54 Å². The number of hydrogen-bond acceptors (Lipinski definition) is 6. The lowest BCUT2D eigenvalue weighted by molar-refractivity contribution is 0.168. The Morgan fingerprint density at radius 3 is 2.53 bits per heavy atom. The molecule has 1 aliphatic heterocycles. The molecule has 0 bridgehead atoms. The van der Waals surface area contributed by atoms with Crippen molar-refractivity contribution in [3.8, 4) is 0 Å². The Morgan fingerprint density at radius 2 is 2.06 bits per heavy atom. The molecule has 0 amide bonds. The summed E-state index contributed by atoms with van der Waals surface area (Å²) in [5, 5.41) is 8.95. The second-order valence-electron chi connectivity index (χ2n) is 4.62. The number of hydrogen-bond donors (Lipinski definition) is 1. The molecule has 0 atom stereocenters. The highest BCUT2D eigenvalue weighted by Crippen LogP contribution is 2.21. The van der Waals surface area contributed by atoms with Gasteiger partial charge in [0.2, 0.25) is 5.13 Å². The van der Waals surface area contributed by atoms with Gasteiger partial charge in [0.05, 0.1) is 10.5 Å². The van der Waals surface area contributed by atoms with E-state index < -0.39 is 0 Å². The third-order valence-electron chi connectivity index (χ3n) is 3.29. The lowest BCUT2D eigenvalue weighted by Crippen LogP contribution is -2.59. The van der Waals surface area contributed by atoms with Crippen molar-refractivity contribution in [2.75, 3.05) is 31.1 Å². The van der Waals surface area contributed by atoms with Crippen LogP contribution in [0.1, 0.15) is 13.8 Å². The first-order chi connectivity index (χ1) is 8.01. The van der Waals surface area contributed by atoms with Crippen LogP contribution in [0.3, 0.4) is 0 Å². The van der Waals surface area contributed by atoms with Gasteiger partial charge in [-0.15, -0.1) is 10.2 Å². The highest BCUT2D eigenvalue weighted by molar-refractivity contribution is 7.80. The molecule has 1 aliphatic rings. The molecule has 7 heteroatoms. The Hall–Kier alpha value is -0.790. The van der Waals surface area contributed by atoms with Crippen molar-refractivity contribution in [3.05, 3.63) is 5.51 Å². The van der Waals surface area contributed by atoms with Gasteiger partial charge >= 0.3 is 0 Å². The fourth-order valence-electron chi connectivity index (χ4n) is 1.92. The van der Waals surface area contributed by atoms with Gasteiger partial charge in [-0.3, -0.25) is 4.90 Å². The molecule has 17 heavy (non-hydrogen) atoms. The van der Waals surface area contributed by atoms with Crippen molar-refractivity contribution in [3.63, 3.8) is 0 Å². The number of aromatic nitrogens is 2. The van der Waals surface area contributed by atoms with Gasteiger partial charge < -0.3 is 10.6 Å². The van der Waals surface area contributed by atoms with E-state index in [0.29, 0.717) is 4.99 Å². The predicted octanol–water partition coefficient (Wildman–Crippen LogP) is 0.725. The fourth-order valence-corrected chi connectivity index (χ4v) is 2.66. The summed E-state index contributed by atoms with van der Waals surface area (Å²) in [6.07, 6.45) is 0. The molecule has 0 aromatic carbocycles. The summed E-state index contributed by atoms with van der Waals surface area (Å²) in [7, 11) is 0. The summed E-state index contributed by atoms with van der Waals surface area (Å²) >= 11 is 6.70. The number of nitrogens with zero attached hydrogens (tertiary/aromatic N) is 4. The number of thiocarbonyl (C=S) groups is 1. The van der Waals surface area contributed by atoms with Crippen LogP contribution in [0.4, 0.5) is 5.13 Å². The molecule has 0 saturated carbocycles. The lowest BCUT2D eigenvalue weighted by atomic mass is 10.0. The van der Waals surface area contributed by atoms with Crippen molar-refractivity contribution in [2.24, 2.45) is 5.73 Å². The van der Waals surface area contributed by atoms with Crippen LogP contribution >= 0.6 is 23.6 Å². The van der Waals surface area contributed by atoms with Crippen LogP contribution in [-0.4, -0.2) is 51.8 Å². The lowest BCUT2D eigenvalue weighted by Gasteiger charge is -2.43. The van der Waals surface area contributed by atoms with Gasteiger partial charge in [-0.2, -0.15) is 0 Å². The minimum Gasteiger partial charge on any atom is -0.392 e. The Kier molecular flexibility index (Phi) is 3.60. The summed E-state index contributed by atoms with van der Waals surface area (Å²) in [6.45, 7) is 7.95. The standard InChI is InChI=1S/C10H17N5S2/c1-10(2,8(11)16)15-5-3-14(4-6-15)9-13-12-7-17-9/h7H,3-6H2,1-2H3,(H2,11,16). The smallest absolute Gasteiger partial charge is 0.208 e. The minimum absolute atomic E-state index is 0.206. The Balaban J connectivity index is 1.97. The van der Waals surface area contributed by atoms with Gasteiger partial charge in [0.25, 0.3) is 0 Å². The summed E-state index contributed by atoms with van der Waals surface area (Å²) in [5.74, 6) is 0. The first kappa shape index (κ1) is 12.7. The maximum absolute atomic E-state index is 5.79. The van der Waals surface area contributed by atoms with E-state index in [9.17, 15) is 0 Å². The van der Waals surface area contributed by atoms with Gasteiger partial charge in [0.1, 0.15) is 5.51 Å². The molecule has 94 valence electrons. The van der Waals surface area contributed by atoms with Crippen LogP contribution in [0.15, 0.2) is 5.51 Å². The average Bonchev–Trinajstić information content (AvgIpc) is 2.82. The summed E-state index contributed by atoms with van der Waals surface area (Å²) in [6, 6.07) is 0. The quantitative estimate of drug-likeness (QED) is 0.818. The zero-order valence-electron chi connectivity index (χ0n) is 10.1. The first-order valence-electron chi connectivity index (χ1n) is 5.58. The Morgan fingerprint density at radius 1 is 1.41 bits per heavy atom. The van der Waals surface area contributed by atoms with E-state index in [1.165, 1.54) is 0 Å². The van der Waals surface area contributed by atoms with E-state index in [1.807, 2.05) is 0 Å². The molecule has 2 N–H and O–H groups in total. The normalized spacial score (nSPS) is 18.4. The maximum Gasteiger partial charge on any atom is 0.208 e. The molecule has 0 spiro atoms. The van der Waals surface area contributed by atoms with Crippen LogP contribution in [0.2, 0.25) is 0 Å². The SMILES string of the molecule is CC(C)(C(N)=S)N1CCN(c2nncs2)CC1. The van der Waals surface area contributed by atoms with Crippen molar-refractivity contribution in [2.45, 2.75) is 19.4 Å². The van der Waals surface area contributed by atoms with Crippen LogP contribution < -0.4 is 10.6 Å². The second-order valence-corrected chi connectivity index (χ2v) is 5.87. The molecular formula is C10H17N5S2. The van der Waals surface area contributed by atoms with E-state index in [1.54, 1.807) is 16.8 Å². The molecule has 0 radical (unpaired) electrons. The van der Waals surface area contributed by atoms with Gasteiger partial charge in [-0.25, -0.2) is 0 Å². The van der Waals surface area contributed by atoms with E-state index in [0.717, 1.165) is 31.3 Å². The number of rotatable bonds is 3. The van der Waals surface area contributed by atoms with Gasteiger partial charge in [0.15, 0.2) is 0 Å². The largest absolute Gasteiger partial charge is 0.392 e. The third kappa shape index (κ3) is 2.56. The molecule has 2 heterocycles. The molecule has 1 aromatic rings. The predicted molar refractivity (Wildman–Crippen MR) is 74.6 cm³/mol. The third-order valence-corrected chi connectivity index (χ3v) is 4.54. The van der Waals surface area contributed by atoms with Crippen molar-refractivity contribution in [1.29, 1.82) is 0 Å². The van der Waals surface area contributed by atoms with Gasteiger partial charge in [-0.1, -0.05) is 23.6 Å². The zero-order chi connectivity index (χ0) is 12.5. The van der Waals surface area contributed by atoms with Crippen molar-refractivity contribution < 1.29 is 0 Å². The Labute approximate surface area is 111 Å². The van der Waals surface area contributed by atoms with Gasteiger partial charge in [0, 0.05) is 26.2 Å². The highest BCUT2D eigenvalue weighted by Gasteiger charge is 2.32.